The van der Waals surface area contributed by atoms with Crippen LogP contribution in [0.3, 0.4) is 0 Å². The minimum Gasteiger partial charge on any atom is -0.352 e. The number of carbonyl (C=O) groups excluding carboxylic acids is 1. The highest BCUT2D eigenvalue weighted by atomic mass is 79.9. The highest BCUT2D eigenvalue weighted by Gasteiger charge is 2.33. The number of amides is 1. The topological polar surface area (TPSA) is 53.2 Å². The summed E-state index contributed by atoms with van der Waals surface area (Å²) in [6.45, 7) is 1.18. The van der Waals surface area contributed by atoms with Gasteiger partial charge in [0.25, 0.3) is 0 Å². The maximum Gasteiger partial charge on any atom is 0.226 e. The third-order valence-electron chi connectivity index (χ3n) is 3.86. The maximum atomic E-state index is 12.5. The molecular formula is C17H18BrN3O. The Morgan fingerprint density at radius 2 is 1.86 bits per heavy atom. The van der Waals surface area contributed by atoms with Gasteiger partial charge < -0.3 is 5.32 Å². The molecule has 0 spiro atoms. The van der Waals surface area contributed by atoms with E-state index in [1.807, 2.05) is 54.6 Å². The molecule has 1 aliphatic heterocycles. The SMILES string of the molecule is O=C(NCc1ccc(Br)cc1)C1CNNC1c1ccccc1. The third kappa shape index (κ3) is 3.55. The van der Waals surface area contributed by atoms with Gasteiger partial charge in [0, 0.05) is 17.6 Å². The van der Waals surface area contributed by atoms with Crippen LogP contribution in [0.4, 0.5) is 0 Å². The third-order valence-corrected chi connectivity index (χ3v) is 4.39. The van der Waals surface area contributed by atoms with Crippen LogP contribution in [0.5, 0.6) is 0 Å². The summed E-state index contributed by atoms with van der Waals surface area (Å²) in [5.74, 6) is -0.0490. The van der Waals surface area contributed by atoms with Crippen LogP contribution in [-0.2, 0) is 11.3 Å². The van der Waals surface area contributed by atoms with E-state index in [0.717, 1.165) is 15.6 Å². The van der Waals surface area contributed by atoms with Crippen LogP contribution < -0.4 is 16.2 Å². The summed E-state index contributed by atoms with van der Waals surface area (Å²) in [4.78, 5) is 12.5. The Bertz CT molecular complexity index is 630. The fourth-order valence-corrected chi connectivity index (χ4v) is 2.90. The molecule has 0 bridgehead atoms. The van der Waals surface area contributed by atoms with Crippen LogP contribution in [0.2, 0.25) is 0 Å². The summed E-state index contributed by atoms with van der Waals surface area (Å²) >= 11 is 3.41. The van der Waals surface area contributed by atoms with Crippen LogP contribution in [0.1, 0.15) is 17.2 Å². The summed E-state index contributed by atoms with van der Waals surface area (Å²) in [7, 11) is 0. The molecule has 3 N–H and O–H groups in total. The zero-order valence-corrected chi connectivity index (χ0v) is 13.6. The number of hydrogen-bond donors (Lipinski definition) is 3. The first kappa shape index (κ1) is 15.2. The summed E-state index contributed by atoms with van der Waals surface area (Å²) in [5.41, 5.74) is 8.49. The van der Waals surface area contributed by atoms with E-state index < -0.39 is 0 Å². The van der Waals surface area contributed by atoms with Crippen molar-refractivity contribution in [2.75, 3.05) is 6.54 Å². The number of halogens is 1. The lowest BCUT2D eigenvalue weighted by atomic mass is 9.94. The van der Waals surface area contributed by atoms with Gasteiger partial charge in [-0.15, -0.1) is 0 Å². The Kier molecular flexibility index (Phi) is 4.87. The van der Waals surface area contributed by atoms with E-state index in [2.05, 4.69) is 32.1 Å². The zero-order valence-electron chi connectivity index (χ0n) is 12.1. The molecule has 5 heteroatoms. The lowest BCUT2D eigenvalue weighted by Gasteiger charge is -2.18. The van der Waals surface area contributed by atoms with Gasteiger partial charge in [-0.05, 0) is 23.3 Å². The Morgan fingerprint density at radius 3 is 2.59 bits per heavy atom. The molecule has 1 heterocycles. The fourth-order valence-electron chi connectivity index (χ4n) is 2.64. The molecule has 0 aromatic heterocycles. The first-order chi connectivity index (χ1) is 10.7. The van der Waals surface area contributed by atoms with E-state index in [4.69, 9.17) is 0 Å². The number of benzene rings is 2. The molecule has 22 heavy (non-hydrogen) atoms. The van der Waals surface area contributed by atoms with Crippen molar-refractivity contribution in [2.45, 2.75) is 12.6 Å². The summed E-state index contributed by atoms with van der Waals surface area (Å²) < 4.78 is 1.04. The summed E-state index contributed by atoms with van der Waals surface area (Å²) in [5, 5.41) is 3.03. The van der Waals surface area contributed by atoms with Crippen LogP contribution in [-0.4, -0.2) is 12.5 Å². The molecule has 2 aromatic carbocycles. The standard InChI is InChI=1S/C17H18BrN3O/c18-14-8-6-12(7-9-14)10-19-17(22)15-11-20-21-16(15)13-4-2-1-3-5-13/h1-9,15-16,20-21H,10-11H2,(H,19,22). The zero-order chi connectivity index (χ0) is 15.4. The number of nitrogens with one attached hydrogen (secondary N) is 3. The second-order valence-corrected chi connectivity index (χ2v) is 6.28. The van der Waals surface area contributed by atoms with E-state index in [1.54, 1.807) is 0 Å². The first-order valence-corrected chi connectivity index (χ1v) is 8.09. The molecule has 0 radical (unpaired) electrons. The van der Waals surface area contributed by atoms with Crippen molar-refractivity contribution in [3.05, 3.63) is 70.2 Å². The van der Waals surface area contributed by atoms with E-state index >= 15 is 0 Å². The lowest BCUT2D eigenvalue weighted by Crippen LogP contribution is -2.34. The van der Waals surface area contributed by atoms with Crippen molar-refractivity contribution in [1.29, 1.82) is 0 Å². The van der Waals surface area contributed by atoms with Gasteiger partial charge in [-0.1, -0.05) is 58.4 Å². The van der Waals surface area contributed by atoms with E-state index in [0.29, 0.717) is 13.1 Å². The van der Waals surface area contributed by atoms with Crippen molar-refractivity contribution in [3.63, 3.8) is 0 Å². The molecule has 4 nitrogen and oxygen atoms in total. The minimum atomic E-state index is -0.113. The number of hydrazine groups is 1. The summed E-state index contributed by atoms with van der Waals surface area (Å²) in [6.07, 6.45) is 0. The van der Waals surface area contributed by atoms with Crippen molar-refractivity contribution in [2.24, 2.45) is 5.92 Å². The average Bonchev–Trinajstić information content (AvgIpc) is 3.04. The largest absolute Gasteiger partial charge is 0.352 e. The van der Waals surface area contributed by atoms with Crippen LogP contribution in [0, 0.1) is 5.92 Å². The van der Waals surface area contributed by atoms with Crippen molar-refractivity contribution >= 4 is 21.8 Å². The Hall–Kier alpha value is -1.69. The van der Waals surface area contributed by atoms with Gasteiger partial charge in [0.1, 0.15) is 0 Å². The van der Waals surface area contributed by atoms with Gasteiger partial charge in [-0.25, -0.2) is 5.43 Å². The molecule has 1 fully saturated rings. The van der Waals surface area contributed by atoms with Crippen LogP contribution in [0.15, 0.2) is 59.1 Å². The molecular weight excluding hydrogens is 342 g/mol. The Labute approximate surface area is 138 Å². The molecule has 3 rings (SSSR count). The van der Waals surface area contributed by atoms with Gasteiger partial charge >= 0.3 is 0 Å². The molecule has 1 saturated heterocycles. The highest BCUT2D eigenvalue weighted by molar-refractivity contribution is 9.10. The van der Waals surface area contributed by atoms with Gasteiger partial charge in [0.15, 0.2) is 0 Å². The van der Waals surface area contributed by atoms with Gasteiger partial charge in [-0.3, -0.25) is 10.2 Å². The van der Waals surface area contributed by atoms with E-state index in [1.165, 1.54) is 0 Å². The Balaban J connectivity index is 1.62. The molecule has 2 atom stereocenters. The fraction of sp³-hybridized carbons (Fsp3) is 0.235. The highest BCUT2D eigenvalue weighted by Crippen LogP contribution is 2.24. The second kappa shape index (κ2) is 7.05. The second-order valence-electron chi connectivity index (χ2n) is 5.36. The molecule has 2 unspecified atom stereocenters. The molecule has 1 amide bonds. The molecule has 2 aromatic rings. The monoisotopic (exact) mass is 359 g/mol. The molecule has 1 aliphatic rings. The Morgan fingerprint density at radius 1 is 1.14 bits per heavy atom. The molecule has 0 aliphatic carbocycles. The smallest absolute Gasteiger partial charge is 0.226 e. The van der Waals surface area contributed by atoms with E-state index in [-0.39, 0.29) is 17.9 Å². The van der Waals surface area contributed by atoms with Gasteiger partial charge in [0.2, 0.25) is 5.91 Å². The lowest BCUT2D eigenvalue weighted by molar-refractivity contribution is -0.125. The van der Waals surface area contributed by atoms with Crippen molar-refractivity contribution in [1.82, 2.24) is 16.2 Å². The van der Waals surface area contributed by atoms with Crippen LogP contribution >= 0.6 is 15.9 Å². The predicted octanol–water partition coefficient (Wildman–Crippen LogP) is 2.53. The quantitative estimate of drug-likeness (QED) is 0.786. The molecule has 0 saturated carbocycles. The van der Waals surface area contributed by atoms with Crippen molar-refractivity contribution in [3.8, 4) is 0 Å². The van der Waals surface area contributed by atoms with Gasteiger partial charge in [0.05, 0.1) is 12.0 Å². The normalized spacial score (nSPS) is 20.8. The molecule has 114 valence electrons. The maximum absolute atomic E-state index is 12.5. The van der Waals surface area contributed by atoms with Crippen molar-refractivity contribution < 1.29 is 4.79 Å². The minimum absolute atomic E-state index is 0.00566. The number of carbonyl (C=O) groups is 1. The summed E-state index contributed by atoms with van der Waals surface area (Å²) in [6, 6.07) is 18.0. The van der Waals surface area contributed by atoms with E-state index in [9.17, 15) is 4.79 Å². The number of rotatable bonds is 4. The average molecular weight is 360 g/mol. The first-order valence-electron chi connectivity index (χ1n) is 7.29. The van der Waals surface area contributed by atoms with Crippen LogP contribution in [0.25, 0.3) is 0 Å². The number of hydrogen-bond acceptors (Lipinski definition) is 3. The predicted molar refractivity (Wildman–Crippen MR) is 89.8 cm³/mol. The van der Waals surface area contributed by atoms with Gasteiger partial charge in [-0.2, -0.15) is 0 Å².